The Hall–Kier alpha value is -3.20. The second-order valence-electron chi connectivity index (χ2n) is 10.1. The topological polar surface area (TPSA) is 95.6 Å². The number of benzene rings is 3. The van der Waals surface area contributed by atoms with Crippen LogP contribution in [0.25, 0.3) is 0 Å². The third-order valence-electron chi connectivity index (χ3n) is 6.78. The first-order chi connectivity index (χ1) is 18.6. The SMILES string of the molecule is Cc1ccc(CNC(=O)[C@@H](C)N(Cc2ccc(Cl)cc2)C(=O)CCc2ccc(S(=O)(=O)NC3CC3)cc2)cc1. The number of nitrogens with zero attached hydrogens (tertiary/aromatic N) is 1. The molecule has 39 heavy (non-hydrogen) atoms. The molecule has 1 aliphatic carbocycles. The fourth-order valence-corrected chi connectivity index (χ4v) is 5.56. The van der Waals surface area contributed by atoms with Crippen molar-refractivity contribution < 1.29 is 18.0 Å². The minimum absolute atomic E-state index is 0.0370. The lowest BCUT2D eigenvalue weighted by Crippen LogP contribution is -2.47. The summed E-state index contributed by atoms with van der Waals surface area (Å²) < 4.78 is 27.5. The number of amides is 2. The van der Waals surface area contributed by atoms with E-state index in [1.807, 2.05) is 43.3 Å². The van der Waals surface area contributed by atoms with Crippen molar-refractivity contribution in [1.29, 1.82) is 0 Å². The molecule has 0 radical (unpaired) electrons. The van der Waals surface area contributed by atoms with Crippen molar-refractivity contribution in [2.24, 2.45) is 0 Å². The van der Waals surface area contributed by atoms with Gasteiger partial charge in [0, 0.05) is 30.6 Å². The first kappa shape index (κ1) is 28.8. The maximum Gasteiger partial charge on any atom is 0.242 e. The molecule has 3 aromatic rings. The Morgan fingerprint density at radius 2 is 1.51 bits per heavy atom. The summed E-state index contributed by atoms with van der Waals surface area (Å²) in [5, 5.41) is 3.54. The molecule has 0 aromatic heterocycles. The first-order valence-electron chi connectivity index (χ1n) is 13.1. The van der Waals surface area contributed by atoms with E-state index in [0.29, 0.717) is 18.0 Å². The van der Waals surface area contributed by atoms with Crippen molar-refractivity contribution >= 4 is 33.4 Å². The largest absolute Gasteiger partial charge is 0.350 e. The van der Waals surface area contributed by atoms with Crippen molar-refractivity contribution in [1.82, 2.24) is 14.9 Å². The van der Waals surface area contributed by atoms with Gasteiger partial charge in [0.25, 0.3) is 0 Å². The highest BCUT2D eigenvalue weighted by Gasteiger charge is 2.28. The van der Waals surface area contributed by atoms with Crippen molar-refractivity contribution in [3.63, 3.8) is 0 Å². The molecule has 2 amide bonds. The van der Waals surface area contributed by atoms with Gasteiger partial charge in [0.2, 0.25) is 21.8 Å². The average molecular weight is 568 g/mol. The molecule has 0 aliphatic heterocycles. The maximum atomic E-state index is 13.4. The van der Waals surface area contributed by atoms with E-state index in [4.69, 9.17) is 11.6 Å². The third kappa shape index (κ3) is 8.39. The van der Waals surface area contributed by atoms with E-state index in [1.165, 1.54) is 0 Å². The minimum atomic E-state index is -3.52. The monoisotopic (exact) mass is 567 g/mol. The van der Waals surface area contributed by atoms with Gasteiger partial charge in [-0.05, 0) is 74.1 Å². The lowest BCUT2D eigenvalue weighted by Gasteiger charge is -2.29. The van der Waals surface area contributed by atoms with Crippen LogP contribution in [0.15, 0.2) is 77.7 Å². The van der Waals surface area contributed by atoms with Crippen LogP contribution in [-0.4, -0.2) is 37.2 Å². The summed E-state index contributed by atoms with van der Waals surface area (Å²) in [4.78, 5) is 28.3. The van der Waals surface area contributed by atoms with Crippen molar-refractivity contribution in [2.75, 3.05) is 0 Å². The number of rotatable bonds is 12. The molecule has 0 saturated heterocycles. The summed E-state index contributed by atoms with van der Waals surface area (Å²) in [6.07, 6.45) is 2.34. The van der Waals surface area contributed by atoms with Crippen LogP contribution in [-0.2, 0) is 39.1 Å². The molecule has 1 saturated carbocycles. The van der Waals surface area contributed by atoms with E-state index < -0.39 is 16.1 Å². The highest BCUT2D eigenvalue weighted by Crippen LogP contribution is 2.22. The van der Waals surface area contributed by atoms with Crippen molar-refractivity contribution in [3.8, 4) is 0 Å². The molecule has 206 valence electrons. The molecule has 0 unspecified atom stereocenters. The first-order valence-corrected chi connectivity index (χ1v) is 15.0. The minimum Gasteiger partial charge on any atom is -0.350 e. The number of hydrogen-bond acceptors (Lipinski definition) is 4. The van der Waals surface area contributed by atoms with Crippen LogP contribution < -0.4 is 10.0 Å². The van der Waals surface area contributed by atoms with Crippen LogP contribution in [0.5, 0.6) is 0 Å². The fourth-order valence-electron chi connectivity index (χ4n) is 4.13. The summed E-state index contributed by atoms with van der Waals surface area (Å²) in [6, 6.07) is 21.1. The Morgan fingerprint density at radius 1 is 0.923 bits per heavy atom. The van der Waals surface area contributed by atoms with Crippen LogP contribution >= 0.6 is 11.6 Å². The van der Waals surface area contributed by atoms with Crippen molar-refractivity contribution in [3.05, 3.63) is 100 Å². The van der Waals surface area contributed by atoms with Crippen LogP contribution in [0.3, 0.4) is 0 Å². The zero-order valence-corrected chi connectivity index (χ0v) is 23.8. The quantitative estimate of drug-likeness (QED) is 0.330. The third-order valence-corrected chi connectivity index (χ3v) is 8.57. The van der Waals surface area contributed by atoms with Gasteiger partial charge in [0.15, 0.2) is 0 Å². The van der Waals surface area contributed by atoms with E-state index >= 15 is 0 Å². The van der Waals surface area contributed by atoms with E-state index in [9.17, 15) is 18.0 Å². The Balaban J connectivity index is 1.41. The molecule has 0 spiro atoms. The molecule has 4 rings (SSSR count). The molecule has 0 bridgehead atoms. The lowest BCUT2D eigenvalue weighted by atomic mass is 10.1. The number of nitrogens with one attached hydrogen (secondary N) is 2. The normalized spacial score (nSPS) is 14.0. The van der Waals surface area contributed by atoms with Crippen LogP contribution in [0.2, 0.25) is 5.02 Å². The van der Waals surface area contributed by atoms with Crippen molar-refractivity contribution in [2.45, 2.75) is 69.6 Å². The zero-order valence-electron chi connectivity index (χ0n) is 22.2. The molecule has 1 aliphatic rings. The van der Waals surface area contributed by atoms with E-state index in [2.05, 4.69) is 10.0 Å². The second kappa shape index (κ2) is 12.8. The summed E-state index contributed by atoms with van der Waals surface area (Å²) in [7, 11) is -3.52. The molecule has 2 N–H and O–H groups in total. The molecule has 1 atom stereocenters. The lowest BCUT2D eigenvalue weighted by molar-refractivity contribution is -0.140. The standard InChI is InChI=1S/C30H34ClN3O4S/c1-21-3-5-24(6-4-21)19-32-30(36)22(2)34(20-25-7-12-26(31)13-8-25)29(35)18-11-23-9-16-28(17-10-23)39(37,38)33-27-14-15-27/h3-10,12-13,16-17,22,27,33H,11,14-15,18-20H2,1-2H3,(H,32,36)/t22-/m1/s1. The van der Waals surface area contributed by atoms with Gasteiger partial charge >= 0.3 is 0 Å². The summed E-state index contributed by atoms with van der Waals surface area (Å²) in [5.74, 6) is -0.411. The zero-order chi connectivity index (χ0) is 28.0. The molecule has 1 fully saturated rings. The van der Waals surface area contributed by atoms with Crippen LogP contribution in [0, 0.1) is 6.92 Å². The Labute approximate surface area is 235 Å². The highest BCUT2D eigenvalue weighted by atomic mass is 35.5. The average Bonchev–Trinajstić information content (AvgIpc) is 3.74. The smallest absolute Gasteiger partial charge is 0.242 e. The summed E-state index contributed by atoms with van der Waals surface area (Å²) in [6.45, 7) is 4.37. The molecular weight excluding hydrogens is 534 g/mol. The second-order valence-corrected chi connectivity index (χ2v) is 12.2. The molecule has 0 heterocycles. The Kier molecular flexibility index (Phi) is 9.43. The van der Waals surface area contributed by atoms with Crippen LogP contribution in [0.4, 0.5) is 0 Å². The Bertz CT molecular complexity index is 1390. The van der Waals surface area contributed by atoms with Gasteiger partial charge in [-0.1, -0.05) is 65.7 Å². The van der Waals surface area contributed by atoms with E-state index in [-0.39, 0.29) is 35.7 Å². The van der Waals surface area contributed by atoms with Gasteiger partial charge in [-0.3, -0.25) is 9.59 Å². The summed E-state index contributed by atoms with van der Waals surface area (Å²) in [5.41, 5.74) is 3.83. The van der Waals surface area contributed by atoms with Gasteiger partial charge in [0.05, 0.1) is 4.90 Å². The predicted molar refractivity (Wildman–Crippen MR) is 153 cm³/mol. The van der Waals surface area contributed by atoms with Gasteiger partial charge in [0.1, 0.15) is 6.04 Å². The summed E-state index contributed by atoms with van der Waals surface area (Å²) >= 11 is 6.03. The predicted octanol–water partition coefficient (Wildman–Crippen LogP) is 4.76. The number of carbonyl (C=O) groups is 2. The van der Waals surface area contributed by atoms with E-state index in [0.717, 1.165) is 35.1 Å². The highest BCUT2D eigenvalue weighted by molar-refractivity contribution is 7.89. The molecule has 3 aromatic carbocycles. The number of halogens is 1. The number of carbonyl (C=O) groups excluding carboxylic acids is 2. The van der Waals surface area contributed by atoms with Crippen LogP contribution in [0.1, 0.15) is 48.4 Å². The molecular formula is C30H34ClN3O4S. The number of sulfonamides is 1. The number of hydrogen-bond donors (Lipinski definition) is 2. The molecule has 9 heteroatoms. The fraction of sp³-hybridized carbons (Fsp3) is 0.333. The van der Waals surface area contributed by atoms with Gasteiger partial charge in [-0.2, -0.15) is 0 Å². The maximum absolute atomic E-state index is 13.4. The molecule has 7 nitrogen and oxygen atoms in total. The van der Waals surface area contributed by atoms with Gasteiger partial charge in [-0.15, -0.1) is 0 Å². The number of aryl methyl sites for hydroxylation is 2. The van der Waals surface area contributed by atoms with E-state index in [1.54, 1.807) is 48.2 Å². The van der Waals surface area contributed by atoms with Gasteiger partial charge < -0.3 is 10.2 Å². The van der Waals surface area contributed by atoms with Gasteiger partial charge in [-0.25, -0.2) is 13.1 Å². The Morgan fingerprint density at radius 3 is 2.13 bits per heavy atom.